The molecule has 0 radical (unpaired) electrons. The lowest BCUT2D eigenvalue weighted by atomic mass is 10.1. The van der Waals surface area contributed by atoms with Crippen LogP contribution in [0.2, 0.25) is 5.02 Å². The molecule has 2 heterocycles. The molecule has 6 nitrogen and oxygen atoms in total. The molecular weight excluding hydrogens is 278 g/mol. The van der Waals surface area contributed by atoms with Crippen LogP contribution in [-0.4, -0.2) is 27.6 Å². The number of rotatable bonds is 5. The van der Waals surface area contributed by atoms with Crippen molar-refractivity contribution in [3.63, 3.8) is 0 Å². The third-order valence-corrected chi connectivity index (χ3v) is 3.23. The number of halogens is 1. The fourth-order valence-electron chi connectivity index (χ4n) is 1.81. The maximum atomic E-state index is 11.9. The fourth-order valence-corrected chi connectivity index (χ4v) is 2.00. The molecule has 0 fully saturated rings. The van der Waals surface area contributed by atoms with E-state index in [9.17, 15) is 4.79 Å². The van der Waals surface area contributed by atoms with Crippen molar-refractivity contribution in [1.82, 2.24) is 20.5 Å². The van der Waals surface area contributed by atoms with Crippen molar-refractivity contribution >= 4 is 23.3 Å². The van der Waals surface area contributed by atoms with Gasteiger partial charge in [0.25, 0.3) is 5.91 Å². The number of aryl methyl sites for hydroxylation is 2. The highest BCUT2D eigenvalue weighted by atomic mass is 35.5. The second-order valence-electron chi connectivity index (χ2n) is 4.45. The lowest BCUT2D eigenvalue weighted by Crippen LogP contribution is -2.26. The first-order valence-electron chi connectivity index (χ1n) is 6.27. The quantitative estimate of drug-likeness (QED) is 0.731. The van der Waals surface area contributed by atoms with Gasteiger partial charge in [0, 0.05) is 12.2 Å². The van der Waals surface area contributed by atoms with E-state index in [1.807, 2.05) is 6.92 Å². The van der Waals surface area contributed by atoms with Crippen molar-refractivity contribution in [3.8, 4) is 0 Å². The molecular formula is C13H16ClN5O. The topological polar surface area (TPSA) is 96.7 Å². The van der Waals surface area contributed by atoms with Gasteiger partial charge in [-0.15, -0.1) is 0 Å². The molecule has 4 N–H and O–H groups in total. The smallest absolute Gasteiger partial charge is 0.271 e. The number of aromatic nitrogens is 3. The molecule has 2 aromatic rings. The van der Waals surface area contributed by atoms with E-state index in [1.165, 1.54) is 0 Å². The van der Waals surface area contributed by atoms with Crippen LogP contribution in [0.3, 0.4) is 0 Å². The molecule has 0 unspecified atom stereocenters. The lowest BCUT2D eigenvalue weighted by Gasteiger charge is -2.06. The largest absolute Gasteiger partial charge is 0.384 e. The monoisotopic (exact) mass is 293 g/mol. The van der Waals surface area contributed by atoms with Crippen molar-refractivity contribution in [2.24, 2.45) is 0 Å². The maximum absolute atomic E-state index is 11.9. The maximum Gasteiger partial charge on any atom is 0.271 e. The van der Waals surface area contributed by atoms with E-state index in [0.29, 0.717) is 11.6 Å². The van der Waals surface area contributed by atoms with Crippen LogP contribution in [0.5, 0.6) is 0 Å². The molecule has 0 saturated heterocycles. The number of nitrogens with two attached hydrogens (primary N) is 1. The first-order valence-corrected chi connectivity index (χ1v) is 6.65. The Morgan fingerprint density at radius 3 is 3.00 bits per heavy atom. The van der Waals surface area contributed by atoms with E-state index in [-0.39, 0.29) is 17.4 Å². The number of pyridine rings is 1. The van der Waals surface area contributed by atoms with Crippen LogP contribution in [0, 0.1) is 6.92 Å². The van der Waals surface area contributed by atoms with E-state index in [4.69, 9.17) is 17.3 Å². The Balaban J connectivity index is 1.83. The summed E-state index contributed by atoms with van der Waals surface area (Å²) in [4.78, 5) is 15.8. The fraction of sp³-hybridized carbons (Fsp3) is 0.308. The number of hydrogen-bond acceptors (Lipinski definition) is 4. The average molecular weight is 294 g/mol. The van der Waals surface area contributed by atoms with Crippen molar-refractivity contribution < 1.29 is 4.79 Å². The molecule has 20 heavy (non-hydrogen) atoms. The molecule has 0 spiro atoms. The van der Waals surface area contributed by atoms with Crippen LogP contribution < -0.4 is 11.1 Å². The minimum atomic E-state index is -0.314. The van der Waals surface area contributed by atoms with Crippen LogP contribution in [0.1, 0.15) is 28.2 Å². The van der Waals surface area contributed by atoms with Crippen molar-refractivity contribution in [1.29, 1.82) is 0 Å². The molecule has 0 aliphatic rings. The summed E-state index contributed by atoms with van der Waals surface area (Å²) >= 11 is 5.91. The molecule has 0 atom stereocenters. The van der Waals surface area contributed by atoms with E-state index in [1.54, 1.807) is 18.3 Å². The van der Waals surface area contributed by atoms with Gasteiger partial charge in [-0.05, 0) is 37.5 Å². The molecule has 7 heteroatoms. The van der Waals surface area contributed by atoms with Crippen LogP contribution >= 0.6 is 11.6 Å². The number of hydrogen-bond donors (Lipinski definition) is 3. The Hall–Kier alpha value is -2.08. The van der Waals surface area contributed by atoms with Crippen LogP contribution in [-0.2, 0) is 6.42 Å². The third kappa shape index (κ3) is 3.48. The number of carbonyl (C=O) groups is 1. The van der Waals surface area contributed by atoms with Gasteiger partial charge in [-0.2, -0.15) is 5.10 Å². The zero-order valence-electron chi connectivity index (χ0n) is 11.1. The van der Waals surface area contributed by atoms with E-state index >= 15 is 0 Å². The number of aromatic amines is 1. The zero-order valence-corrected chi connectivity index (χ0v) is 11.9. The van der Waals surface area contributed by atoms with Gasteiger partial charge in [0.2, 0.25) is 0 Å². The summed E-state index contributed by atoms with van der Waals surface area (Å²) in [6.07, 6.45) is 3.46. The average Bonchev–Trinajstić information content (AvgIpc) is 2.83. The molecule has 0 bridgehead atoms. The Bertz CT molecular complexity index is 611. The summed E-state index contributed by atoms with van der Waals surface area (Å²) in [5.74, 6) is -0.0419. The van der Waals surface area contributed by atoms with Crippen LogP contribution in [0.15, 0.2) is 18.3 Å². The minimum absolute atomic E-state index is 0.158. The normalized spacial score (nSPS) is 10.5. The predicted molar refractivity (Wildman–Crippen MR) is 77.6 cm³/mol. The van der Waals surface area contributed by atoms with Gasteiger partial charge >= 0.3 is 0 Å². The summed E-state index contributed by atoms with van der Waals surface area (Å²) in [6, 6.07) is 3.12. The number of H-pyrrole nitrogens is 1. The van der Waals surface area contributed by atoms with E-state index in [2.05, 4.69) is 20.5 Å². The molecule has 0 aliphatic carbocycles. The van der Waals surface area contributed by atoms with E-state index < -0.39 is 0 Å². The Kier molecular flexibility index (Phi) is 4.57. The molecule has 2 aromatic heterocycles. The summed E-state index contributed by atoms with van der Waals surface area (Å²) in [5.41, 5.74) is 7.90. The number of nitrogen functional groups attached to an aromatic ring is 1. The SMILES string of the molecule is Cc1[nH]ncc1CCCNC(=O)c1nc(N)ccc1Cl. The molecule has 0 aromatic carbocycles. The van der Waals surface area contributed by atoms with E-state index in [0.717, 1.165) is 24.1 Å². The second kappa shape index (κ2) is 6.38. The minimum Gasteiger partial charge on any atom is -0.384 e. The van der Waals surface area contributed by atoms with Crippen molar-refractivity contribution in [2.45, 2.75) is 19.8 Å². The van der Waals surface area contributed by atoms with Gasteiger partial charge in [-0.1, -0.05) is 11.6 Å². The van der Waals surface area contributed by atoms with Gasteiger partial charge < -0.3 is 11.1 Å². The van der Waals surface area contributed by atoms with Gasteiger partial charge in [-0.25, -0.2) is 4.98 Å². The Labute approximate surface area is 121 Å². The number of nitrogens with zero attached hydrogens (tertiary/aromatic N) is 2. The first kappa shape index (κ1) is 14.3. The van der Waals surface area contributed by atoms with Crippen molar-refractivity contribution in [2.75, 3.05) is 12.3 Å². The summed E-state index contributed by atoms with van der Waals surface area (Å²) < 4.78 is 0. The summed E-state index contributed by atoms with van der Waals surface area (Å²) in [5, 5.41) is 9.90. The van der Waals surface area contributed by atoms with Gasteiger partial charge in [0.05, 0.1) is 11.2 Å². The third-order valence-electron chi connectivity index (χ3n) is 2.93. The lowest BCUT2D eigenvalue weighted by molar-refractivity contribution is 0.0948. The number of nitrogens with one attached hydrogen (secondary N) is 2. The molecule has 2 rings (SSSR count). The van der Waals surface area contributed by atoms with Gasteiger partial charge in [-0.3, -0.25) is 9.89 Å². The number of anilines is 1. The molecule has 0 aliphatic heterocycles. The highest BCUT2D eigenvalue weighted by molar-refractivity contribution is 6.33. The highest BCUT2D eigenvalue weighted by Gasteiger charge is 2.12. The van der Waals surface area contributed by atoms with Gasteiger partial charge in [0.1, 0.15) is 11.5 Å². The summed E-state index contributed by atoms with van der Waals surface area (Å²) in [6.45, 7) is 2.51. The molecule has 106 valence electrons. The van der Waals surface area contributed by atoms with Crippen LogP contribution in [0.4, 0.5) is 5.82 Å². The highest BCUT2D eigenvalue weighted by Crippen LogP contribution is 2.15. The Morgan fingerprint density at radius 2 is 2.30 bits per heavy atom. The molecule has 1 amide bonds. The zero-order chi connectivity index (χ0) is 14.5. The standard InChI is InChI=1S/C13H16ClN5O/c1-8-9(7-17-19-8)3-2-6-16-13(20)12-10(14)4-5-11(15)18-12/h4-5,7H,2-3,6H2,1H3,(H2,15,18)(H,16,20)(H,17,19). The number of amides is 1. The second-order valence-corrected chi connectivity index (χ2v) is 4.85. The molecule has 0 saturated carbocycles. The predicted octanol–water partition coefficient (Wildman–Crippen LogP) is 1.71. The van der Waals surface area contributed by atoms with Crippen molar-refractivity contribution in [3.05, 3.63) is 40.3 Å². The Morgan fingerprint density at radius 1 is 1.50 bits per heavy atom. The first-order chi connectivity index (χ1) is 9.58. The van der Waals surface area contributed by atoms with Gasteiger partial charge in [0.15, 0.2) is 0 Å². The number of carbonyl (C=O) groups excluding carboxylic acids is 1. The van der Waals surface area contributed by atoms with Crippen LogP contribution in [0.25, 0.3) is 0 Å². The summed E-state index contributed by atoms with van der Waals surface area (Å²) in [7, 11) is 0.